The maximum Gasteiger partial charge on any atom is 0.190 e. The van der Waals surface area contributed by atoms with Crippen LogP contribution < -0.4 is 4.90 Å². The molecule has 0 saturated carbocycles. The Labute approximate surface area is 121 Å². The zero-order valence-electron chi connectivity index (χ0n) is 11.0. The van der Waals surface area contributed by atoms with Gasteiger partial charge in [-0.25, -0.2) is 4.98 Å². The average Bonchev–Trinajstić information content (AvgIpc) is 2.98. The molecule has 2 aromatic carbocycles. The molecule has 0 bridgehead atoms. The van der Waals surface area contributed by atoms with E-state index in [0.29, 0.717) is 0 Å². The topological polar surface area (TPSA) is 36.4 Å². The van der Waals surface area contributed by atoms with Gasteiger partial charge in [0.25, 0.3) is 0 Å². The van der Waals surface area contributed by atoms with Gasteiger partial charge in [-0.2, -0.15) is 0 Å². The van der Waals surface area contributed by atoms with Gasteiger partial charge in [0, 0.05) is 23.7 Å². The molecule has 20 heavy (non-hydrogen) atoms. The predicted molar refractivity (Wildman–Crippen MR) is 83.7 cm³/mol. The summed E-state index contributed by atoms with van der Waals surface area (Å²) < 4.78 is 0. The van der Waals surface area contributed by atoms with E-state index in [-0.39, 0.29) is 5.75 Å². The Morgan fingerprint density at radius 3 is 2.40 bits per heavy atom. The van der Waals surface area contributed by atoms with Gasteiger partial charge in [-0.05, 0) is 36.4 Å². The molecular formula is C16H14N2OS. The first-order chi connectivity index (χ1) is 9.74. The van der Waals surface area contributed by atoms with Gasteiger partial charge in [0.2, 0.25) is 0 Å². The van der Waals surface area contributed by atoms with E-state index in [0.717, 1.165) is 22.1 Å². The molecule has 0 radical (unpaired) electrons. The summed E-state index contributed by atoms with van der Waals surface area (Å²) in [5, 5.41) is 12.3. The average molecular weight is 282 g/mol. The minimum atomic E-state index is 0.269. The van der Waals surface area contributed by atoms with Crippen LogP contribution in [-0.4, -0.2) is 17.1 Å². The molecule has 0 unspecified atom stereocenters. The lowest BCUT2D eigenvalue weighted by molar-refractivity contribution is 0.475. The second kappa shape index (κ2) is 5.35. The number of hydrogen-bond acceptors (Lipinski definition) is 4. The minimum absolute atomic E-state index is 0.269. The number of para-hydroxylation sites is 1. The van der Waals surface area contributed by atoms with Crippen molar-refractivity contribution in [1.82, 2.24) is 4.98 Å². The number of aromatic hydroxyl groups is 1. The Hall–Kier alpha value is -2.33. The standard InChI is InChI=1S/C16H14N2OS/c1-18(13-5-3-2-4-6-13)16-17-15(11-20-16)12-7-9-14(19)10-8-12/h2-11,19H,1H3. The van der Waals surface area contributed by atoms with Crippen molar-refractivity contribution in [2.75, 3.05) is 11.9 Å². The molecular weight excluding hydrogens is 268 g/mol. The van der Waals surface area contributed by atoms with E-state index in [1.54, 1.807) is 23.5 Å². The van der Waals surface area contributed by atoms with Crippen LogP contribution in [0.15, 0.2) is 60.0 Å². The summed E-state index contributed by atoms with van der Waals surface area (Å²) >= 11 is 1.60. The summed E-state index contributed by atoms with van der Waals surface area (Å²) in [7, 11) is 2.01. The van der Waals surface area contributed by atoms with Crippen LogP contribution >= 0.6 is 11.3 Å². The van der Waals surface area contributed by atoms with Gasteiger partial charge in [0.15, 0.2) is 5.13 Å². The lowest BCUT2D eigenvalue weighted by Crippen LogP contribution is -2.08. The fraction of sp³-hybridized carbons (Fsp3) is 0.0625. The SMILES string of the molecule is CN(c1ccccc1)c1nc(-c2ccc(O)cc2)cs1. The third kappa shape index (κ3) is 2.51. The van der Waals surface area contributed by atoms with Crippen molar-refractivity contribution in [3.8, 4) is 17.0 Å². The van der Waals surface area contributed by atoms with Crippen molar-refractivity contribution in [3.63, 3.8) is 0 Å². The van der Waals surface area contributed by atoms with E-state index in [9.17, 15) is 5.11 Å². The normalized spacial score (nSPS) is 10.4. The highest BCUT2D eigenvalue weighted by molar-refractivity contribution is 7.14. The molecule has 0 amide bonds. The van der Waals surface area contributed by atoms with E-state index in [1.165, 1.54) is 0 Å². The summed E-state index contributed by atoms with van der Waals surface area (Å²) in [6, 6.07) is 17.2. The van der Waals surface area contributed by atoms with Gasteiger partial charge in [-0.15, -0.1) is 11.3 Å². The highest BCUT2D eigenvalue weighted by atomic mass is 32.1. The number of rotatable bonds is 3. The molecule has 0 spiro atoms. The second-order valence-corrected chi connectivity index (χ2v) is 5.29. The maximum atomic E-state index is 9.32. The largest absolute Gasteiger partial charge is 0.508 e. The second-order valence-electron chi connectivity index (χ2n) is 4.46. The number of benzene rings is 2. The Morgan fingerprint density at radius 2 is 1.70 bits per heavy atom. The van der Waals surface area contributed by atoms with Crippen molar-refractivity contribution in [2.45, 2.75) is 0 Å². The first kappa shape index (κ1) is 12.7. The number of hydrogen-bond donors (Lipinski definition) is 1. The number of nitrogens with zero attached hydrogens (tertiary/aromatic N) is 2. The molecule has 3 aromatic rings. The molecule has 0 aliphatic rings. The molecule has 1 heterocycles. The van der Waals surface area contributed by atoms with Crippen molar-refractivity contribution in [2.24, 2.45) is 0 Å². The van der Waals surface area contributed by atoms with Crippen LogP contribution in [0, 0.1) is 0 Å². The van der Waals surface area contributed by atoms with Crippen molar-refractivity contribution in [1.29, 1.82) is 0 Å². The van der Waals surface area contributed by atoms with Gasteiger partial charge in [0.1, 0.15) is 5.75 Å². The van der Waals surface area contributed by atoms with Crippen molar-refractivity contribution in [3.05, 3.63) is 60.0 Å². The molecule has 0 aliphatic carbocycles. The Kier molecular flexibility index (Phi) is 3.39. The molecule has 1 aromatic heterocycles. The van der Waals surface area contributed by atoms with Crippen LogP contribution in [-0.2, 0) is 0 Å². The van der Waals surface area contributed by atoms with E-state index in [2.05, 4.69) is 22.0 Å². The summed E-state index contributed by atoms with van der Waals surface area (Å²) in [6.07, 6.45) is 0. The van der Waals surface area contributed by atoms with Gasteiger partial charge in [0.05, 0.1) is 5.69 Å². The van der Waals surface area contributed by atoms with Crippen LogP contribution in [0.4, 0.5) is 10.8 Å². The number of thiazole rings is 1. The summed E-state index contributed by atoms with van der Waals surface area (Å²) in [5.74, 6) is 0.269. The van der Waals surface area contributed by atoms with Crippen LogP contribution in [0.2, 0.25) is 0 Å². The fourth-order valence-electron chi connectivity index (χ4n) is 1.95. The number of phenols is 1. The first-order valence-electron chi connectivity index (χ1n) is 6.28. The molecule has 3 rings (SSSR count). The number of aromatic nitrogens is 1. The van der Waals surface area contributed by atoms with Gasteiger partial charge >= 0.3 is 0 Å². The van der Waals surface area contributed by atoms with Gasteiger partial charge in [-0.3, -0.25) is 0 Å². The Bertz CT molecular complexity index is 692. The Balaban J connectivity index is 1.89. The molecule has 0 aliphatic heterocycles. The van der Waals surface area contributed by atoms with Crippen LogP contribution in [0.3, 0.4) is 0 Å². The van der Waals surface area contributed by atoms with Crippen molar-refractivity contribution < 1.29 is 5.11 Å². The zero-order chi connectivity index (χ0) is 13.9. The maximum absolute atomic E-state index is 9.32. The molecule has 3 nitrogen and oxygen atoms in total. The highest BCUT2D eigenvalue weighted by Crippen LogP contribution is 2.31. The van der Waals surface area contributed by atoms with Crippen LogP contribution in [0.25, 0.3) is 11.3 Å². The van der Waals surface area contributed by atoms with Gasteiger partial charge in [-0.1, -0.05) is 18.2 Å². The molecule has 4 heteroatoms. The van der Waals surface area contributed by atoms with E-state index >= 15 is 0 Å². The van der Waals surface area contributed by atoms with Crippen LogP contribution in [0.5, 0.6) is 5.75 Å². The summed E-state index contributed by atoms with van der Waals surface area (Å²) in [6.45, 7) is 0. The number of anilines is 2. The molecule has 1 N–H and O–H groups in total. The zero-order valence-corrected chi connectivity index (χ0v) is 11.8. The van der Waals surface area contributed by atoms with Crippen LogP contribution in [0.1, 0.15) is 0 Å². The van der Waals surface area contributed by atoms with E-state index in [4.69, 9.17) is 0 Å². The summed E-state index contributed by atoms with van der Waals surface area (Å²) in [4.78, 5) is 6.71. The molecule has 0 atom stereocenters. The summed E-state index contributed by atoms with van der Waals surface area (Å²) in [5.41, 5.74) is 3.04. The van der Waals surface area contributed by atoms with Crippen molar-refractivity contribution >= 4 is 22.2 Å². The highest BCUT2D eigenvalue weighted by Gasteiger charge is 2.09. The quantitative estimate of drug-likeness (QED) is 0.778. The minimum Gasteiger partial charge on any atom is -0.508 e. The van der Waals surface area contributed by atoms with E-state index < -0.39 is 0 Å². The number of phenolic OH excluding ortho intramolecular Hbond substituents is 1. The predicted octanol–water partition coefficient (Wildman–Crippen LogP) is 4.28. The third-order valence-electron chi connectivity index (χ3n) is 3.09. The first-order valence-corrected chi connectivity index (χ1v) is 7.16. The lowest BCUT2D eigenvalue weighted by Gasteiger charge is -2.15. The fourth-order valence-corrected chi connectivity index (χ4v) is 2.77. The lowest BCUT2D eigenvalue weighted by atomic mass is 10.2. The molecule has 0 saturated heterocycles. The third-order valence-corrected chi connectivity index (χ3v) is 4.00. The Morgan fingerprint density at radius 1 is 1.00 bits per heavy atom. The molecule has 0 fully saturated rings. The molecule has 100 valence electrons. The van der Waals surface area contributed by atoms with Gasteiger partial charge < -0.3 is 10.0 Å². The van der Waals surface area contributed by atoms with E-state index in [1.807, 2.05) is 42.8 Å². The monoisotopic (exact) mass is 282 g/mol. The smallest absolute Gasteiger partial charge is 0.190 e.